The molecule has 0 aliphatic heterocycles. The van der Waals surface area contributed by atoms with Gasteiger partial charge in [-0.05, 0) is 30.5 Å². The Morgan fingerprint density at radius 3 is 2.95 bits per heavy atom. The van der Waals surface area contributed by atoms with Crippen molar-refractivity contribution in [3.05, 3.63) is 17.8 Å². The third-order valence-corrected chi connectivity index (χ3v) is 6.28. The molecule has 0 spiro atoms. The Kier molecular flexibility index (Phi) is 3.93. The van der Waals surface area contributed by atoms with Crippen LogP contribution in [0.3, 0.4) is 0 Å². The van der Waals surface area contributed by atoms with Crippen molar-refractivity contribution < 1.29 is 0 Å². The van der Waals surface area contributed by atoms with Gasteiger partial charge in [0.2, 0.25) is 0 Å². The summed E-state index contributed by atoms with van der Waals surface area (Å²) in [6.07, 6.45) is 10.7. The Bertz CT molecular complexity index is 546. The molecule has 1 saturated carbocycles. The Morgan fingerprint density at radius 2 is 2.16 bits per heavy atom. The highest BCUT2D eigenvalue weighted by Gasteiger charge is 2.31. The van der Waals surface area contributed by atoms with E-state index in [1.807, 2.05) is 11.8 Å². The van der Waals surface area contributed by atoms with Gasteiger partial charge in [0.1, 0.15) is 17.0 Å². The van der Waals surface area contributed by atoms with Crippen LogP contribution in [0.25, 0.3) is 10.2 Å². The smallest absolute Gasteiger partial charge is 0.138 e. The van der Waals surface area contributed by atoms with E-state index in [4.69, 9.17) is 0 Å². The van der Waals surface area contributed by atoms with Crippen molar-refractivity contribution in [2.24, 2.45) is 0 Å². The number of nitrogens with zero attached hydrogens (tertiary/aromatic N) is 2. The maximum atomic E-state index is 4.40. The van der Waals surface area contributed by atoms with Gasteiger partial charge in [0.15, 0.2) is 0 Å². The van der Waals surface area contributed by atoms with Crippen molar-refractivity contribution in [2.45, 2.75) is 36.9 Å². The van der Waals surface area contributed by atoms with Crippen LogP contribution in [0.1, 0.15) is 32.1 Å². The molecular weight excluding hydrogens is 274 g/mol. The van der Waals surface area contributed by atoms with E-state index in [1.165, 1.54) is 32.1 Å². The molecule has 2 aromatic heterocycles. The molecule has 1 aliphatic rings. The van der Waals surface area contributed by atoms with Crippen molar-refractivity contribution in [3.8, 4) is 0 Å². The first-order chi connectivity index (χ1) is 9.33. The molecule has 0 amide bonds. The SMILES string of the molecule is CSC1(CNc2ncnc3sccc23)CCCCC1. The number of thiophene rings is 1. The van der Waals surface area contributed by atoms with Crippen molar-refractivity contribution in [3.63, 3.8) is 0 Å². The van der Waals surface area contributed by atoms with Gasteiger partial charge in [0.05, 0.1) is 5.39 Å². The third kappa shape index (κ3) is 2.72. The second kappa shape index (κ2) is 5.67. The highest BCUT2D eigenvalue weighted by atomic mass is 32.2. The van der Waals surface area contributed by atoms with Crippen molar-refractivity contribution >= 4 is 39.1 Å². The molecule has 1 fully saturated rings. The summed E-state index contributed by atoms with van der Waals surface area (Å²) < 4.78 is 0.394. The van der Waals surface area contributed by atoms with Crippen LogP contribution in [0, 0.1) is 0 Å². The van der Waals surface area contributed by atoms with Crippen LogP contribution in [-0.2, 0) is 0 Å². The van der Waals surface area contributed by atoms with Gasteiger partial charge >= 0.3 is 0 Å². The van der Waals surface area contributed by atoms with Crippen LogP contribution in [0.2, 0.25) is 0 Å². The molecule has 1 N–H and O–H groups in total. The molecule has 2 aromatic rings. The van der Waals surface area contributed by atoms with Gasteiger partial charge in [-0.25, -0.2) is 9.97 Å². The van der Waals surface area contributed by atoms with E-state index < -0.39 is 0 Å². The molecule has 19 heavy (non-hydrogen) atoms. The van der Waals surface area contributed by atoms with E-state index in [9.17, 15) is 0 Å². The second-order valence-electron chi connectivity index (χ2n) is 5.16. The summed E-state index contributed by atoms with van der Waals surface area (Å²) >= 11 is 3.69. The number of nitrogens with one attached hydrogen (secondary N) is 1. The molecule has 2 heterocycles. The lowest BCUT2D eigenvalue weighted by Gasteiger charge is -2.36. The van der Waals surface area contributed by atoms with Crippen molar-refractivity contribution in [1.82, 2.24) is 9.97 Å². The molecule has 3 rings (SSSR count). The fourth-order valence-corrected chi connectivity index (χ4v) is 4.47. The zero-order chi connectivity index (χ0) is 13.1. The van der Waals surface area contributed by atoms with Gasteiger partial charge in [-0.15, -0.1) is 11.3 Å². The largest absolute Gasteiger partial charge is 0.368 e. The number of fused-ring (bicyclic) bond motifs is 1. The number of hydrogen-bond acceptors (Lipinski definition) is 5. The van der Waals surface area contributed by atoms with Crippen molar-refractivity contribution in [1.29, 1.82) is 0 Å². The van der Waals surface area contributed by atoms with Crippen LogP contribution in [0.5, 0.6) is 0 Å². The van der Waals surface area contributed by atoms with E-state index in [0.29, 0.717) is 4.75 Å². The Morgan fingerprint density at radius 1 is 1.32 bits per heavy atom. The first kappa shape index (κ1) is 13.2. The first-order valence-electron chi connectivity index (χ1n) is 6.80. The summed E-state index contributed by atoms with van der Waals surface area (Å²) in [5, 5.41) is 6.80. The maximum absolute atomic E-state index is 4.40. The molecule has 0 bridgehead atoms. The topological polar surface area (TPSA) is 37.8 Å². The minimum atomic E-state index is 0.394. The molecule has 0 aromatic carbocycles. The lowest BCUT2D eigenvalue weighted by molar-refractivity contribution is 0.411. The fourth-order valence-electron chi connectivity index (χ4n) is 2.82. The van der Waals surface area contributed by atoms with E-state index in [0.717, 1.165) is 22.6 Å². The molecule has 0 unspecified atom stereocenters. The summed E-state index contributed by atoms with van der Waals surface area (Å²) in [5.41, 5.74) is 0. The minimum Gasteiger partial charge on any atom is -0.368 e. The average Bonchev–Trinajstić information content (AvgIpc) is 2.95. The third-order valence-electron chi connectivity index (χ3n) is 4.04. The molecular formula is C14H19N3S2. The van der Waals surface area contributed by atoms with Crippen LogP contribution in [-0.4, -0.2) is 27.5 Å². The summed E-state index contributed by atoms with van der Waals surface area (Å²) in [7, 11) is 0. The summed E-state index contributed by atoms with van der Waals surface area (Å²) in [4.78, 5) is 9.77. The average molecular weight is 293 g/mol. The monoisotopic (exact) mass is 293 g/mol. The van der Waals surface area contributed by atoms with Crippen molar-refractivity contribution in [2.75, 3.05) is 18.1 Å². The van der Waals surface area contributed by atoms with E-state index in [1.54, 1.807) is 17.7 Å². The molecule has 0 radical (unpaired) electrons. The highest BCUT2D eigenvalue weighted by molar-refractivity contribution is 8.00. The minimum absolute atomic E-state index is 0.394. The summed E-state index contributed by atoms with van der Waals surface area (Å²) in [6.45, 7) is 1.01. The first-order valence-corrected chi connectivity index (χ1v) is 8.91. The number of aromatic nitrogens is 2. The number of thioether (sulfide) groups is 1. The van der Waals surface area contributed by atoms with Gasteiger partial charge in [-0.3, -0.25) is 0 Å². The number of rotatable bonds is 4. The summed E-state index contributed by atoms with van der Waals surface area (Å²) in [5.74, 6) is 0.991. The normalized spacial score (nSPS) is 18.6. The zero-order valence-electron chi connectivity index (χ0n) is 11.2. The molecule has 5 heteroatoms. The van der Waals surface area contributed by atoms with Gasteiger partial charge < -0.3 is 5.32 Å². The Hall–Kier alpha value is -0.810. The standard InChI is InChI=1S/C14H19N3S2/c1-18-14(6-3-2-4-7-14)9-15-12-11-5-8-19-13(11)17-10-16-12/h5,8,10H,2-4,6-7,9H2,1H3,(H,15,16,17). The number of hydrogen-bond donors (Lipinski definition) is 1. The zero-order valence-corrected chi connectivity index (χ0v) is 12.8. The second-order valence-corrected chi connectivity index (χ2v) is 7.33. The Labute approximate surface area is 122 Å². The molecule has 0 atom stereocenters. The maximum Gasteiger partial charge on any atom is 0.138 e. The highest BCUT2D eigenvalue weighted by Crippen LogP contribution is 2.39. The molecule has 1 aliphatic carbocycles. The van der Waals surface area contributed by atoms with Crippen LogP contribution >= 0.6 is 23.1 Å². The van der Waals surface area contributed by atoms with Gasteiger partial charge in [0, 0.05) is 11.3 Å². The lowest BCUT2D eigenvalue weighted by atomic mass is 9.88. The molecule has 0 saturated heterocycles. The van der Waals surface area contributed by atoms with Gasteiger partial charge in [-0.1, -0.05) is 19.3 Å². The van der Waals surface area contributed by atoms with Crippen LogP contribution < -0.4 is 5.32 Å². The van der Waals surface area contributed by atoms with Crippen LogP contribution in [0.15, 0.2) is 17.8 Å². The molecule has 3 nitrogen and oxygen atoms in total. The van der Waals surface area contributed by atoms with Gasteiger partial charge in [-0.2, -0.15) is 11.8 Å². The van der Waals surface area contributed by atoms with Gasteiger partial charge in [0.25, 0.3) is 0 Å². The van der Waals surface area contributed by atoms with E-state index >= 15 is 0 Å². The summed E-state index contributed by atoms with van der Waals surface area (Å²) in [6, 6.07) is 2.11. The predicted octanol–water partition coefficient (Wildman–Crippen LogP) is 4.17. The van der Waals surface area contributed by atoms with E-state index in [-0.39, 0.29) is 0 Å². The number of anilines is 1. The quantitative estimate of drug-likeness (QED) is 0.918. The molecule has 102 valence electrons. The predicted molar refractivity (Wildman–Crippen MR) is 85.2 cm³/mol. The fraction of sp³-hybridized carbons (Fsp3) is 0.571. The Balaban J connectivity index is 1.76. The van der Waals surface area contributed by atoms with E-state index in [2.05, 4.69) is 33.0 Å². The van der Waals surface area contributed by atoms with Crippen LogP contribution in [0.4, 0.5) is 5.82 Å². The lowest BCUT2D eigenvalue weighted by Crippen LogP contribution is -2.35.